The highest BCUT2D eigenvalue weighted by molar-refractivity contribution is 6.05. The van der Waals surface area contributed by atoms with Crippen molar-refractivity contribution in [1.82, 2.24) is 4.57 Å². The number of allylic oxidation sites excluding steroid dienone is 2. The lowest BCUT2D eigenvalue weighted by Gasteiger charge is -2.30. The van der Waals surface area contributed by atoms with Gasteiger partial charge in [0.15, 0.2) is 0 Å². The second kappa shape index (κ2) is 11.4. The smallest absolute Gasteiger partial charge is 0.0575 e. The van der Waals surface area contributed by atoms with E-state index in [0.717, 1.165) is 12.1 Å². The van der Waals surface area contributed by atoms with Crippen molar-refractivity contribution < 1.29 is 0 Å². The maximum Gasteiger partial charge on any atom is 0.0575 e. The van der Waals surface area contributed by atoms with Crippen LogP contribution < -0.4 is 0 Å². The highest BCUT2D eigenvalue weighted by Gasteiger charge is 2.28. The van der Waals surface area contributed by atoms with Crippen molar-refractivity contribution >= 4 is 11.8 Å². The summed E-state index contributed by atoms with van der Waals surface area (Å²) in [6.07, 6.45) is 12.2. The second-order valence-corrected chi connectivity index (χ2v) is 14.3. The quantitative estimate of drug-likeness (QED) is 0.225. The molecule has 0 bridgehead atoms. The third kappa shape index (κ3) is 6.44. The maximum atomic E-state index is 4.94. The van der Waals surface area contributed by atoms with E-state index in [0.29, 0.717) is 5.92 Å². The molecular formula is C40H46N2. The zero-order valence-electron chi connectivity index (χ0n) is 26.6. The molecule has 4 aromatic rings. The van der Waals surface area contributed by atoms with Crippen LogP contribution in [0.2, 0.25) is 0 Å². The normalized spacial score (nSPS) is 16.2. The molecule has 0 spiro atoms. The van der Waals surface area contributed by atoms with Crippen LogP contribution in [0.4, 0.5) is 0 Å². The summed E-state index contributed by atoms with van der Waals surface area (Å²) in [5, 5.41) is 0. The van der Waals surface area contributed by atoms with Gasteiger partial charge in [0.05, 0.1) is 5.54 Å². The van der Waals surface area contributed by atoms with Crippen LogP contribution in [0, 0.1) is 11.3 Å². The lowest BCUT2D eigenvalue weighted by atomic mass is 9.76. The highest BCUT2D eigenvalue weighted by Crippen LogP contribution is 2.37. The Morgan fingerprint density at radius 3 is 2.00 bits per heavy atom. The van der Waals surface area contributed by atoms with Gasteiger partial charge in [-0.05, 0) is 77.0 Å². The van der Waals surface area contributed by atoms with Gasteiger partial charge in [-0.15, -0.1) is 0 Å². The summed E-state index contributed by atoms with van der Waals surface area (Å²) in [7, 11) is 0. The van der Waals surface area contributed by atoms with Gasteiger partial charge in [-0.25, -0.2) is 0 Å². The Morgan fingerprint density at radius 1 is 0.738 bits per heavy atom. The average molecular weight is 555 g/mol. The zero-order valence-corrected chi connectivity index (χ0v) is 26.6. The van der Waals surface area contributed by atoms with Crippen molar-refractivity contribution in [3.05, 3.63) is 126 Å². The molecule has 0 radical (unpaired) electrons. The van der Waals surface area contributed by atoms with Gasteiger partial charge < -0.3 is 4.57 Å². The molecule has 0 saturated heterocycles. The molecule has 1 atom stereocenters. The fourth-order valence-corrected chi connectivity index (χ4v) is 5.66. The first-order chi connectivity index (χ1) is 19.8. The van der Waals surface area contributed by atoms with E-state index in [-0.39, 0.29) is 16.4 Å². The molecule has 216 valence electrons. The summed E-state index contributed by atoms with van der Waals surface area (Å²) in [6, 6.07) is 30.6. The fraction of sp³-hybridized carbons (Fsp3) is 0.325. The molecule has 0 saturated carbocycles. The lowest BCUT2D eigenvalue weighted by Crippen LogP contribution is -2.24. The fourth-order valence-electron chi connectivity index (χ4n) is 5.66. The van der Waals surface area contributed by atoms with Gasteiger partial charge in [-0.1, -0.05) is 133 Å². The first-order valence-corrected chi connectivity index (χ1v) is 15.2. The monoisotopic (exact) mass is 554 g/mol. The predicted octanol–water partition coefficient (Wildman–Crippen LogP) is 10.9. The van der Waals surface area contributed by atoms with Crippen molar-refractivity contribution in [2.75, 3.05) is 0 Å². The van der Waals surface area contributed by atoms with Crippen molar-refractivity contribution in [2.45, 2.75) is 72.8 Å². The van der Waals surface area contributed by atoms with E-state index in [9.17, 15) is 0 Å². The minimum absolute atomic E-state index is 0.0608. The number of rotatable bonds is 6. The first-order valence-electron chi connectivity index (χ1n) is 15.2. The third-order valence-electron chi connectivity index (χ3n) is 8.59. The Hall–Kier alpha value is -3.91. The van der Waals surface area contributed by atoms with Crippen LogP contribution in [0.15, 0.2) is 114 Å². The predicted molar refractivity (Wildman–Crippen MR) is 182 cm³/mol. The summed E-state index contributed by atoms with van der Waals surface area (Å²) in [6.45, 7) is 18.4. The van der Waals surface area contributed by atoms with E-state index in [1.807, 2.05) is 6.20 Å². The van der Waals surface area contributed by atoms with Gasteiger partial charge >= 0.3 is 0 Å². The number of nitrogens with zero attached hydrogens (tertiary/aromatic N) is 2. The molecule has 2 heterocycles. The summed E-state index contributed by atoms with van der Waals surface area (Å²) >= 11 is 0. The SMILES string of the molecule is CC(C)(C)c1cc(-c2ccccc2)n(C(C)(C)/C=C/c2ccc(-c3ccccc3)cc2C2=NC=CC(C(C)(C)C)C2)c1. The summed E-state index contributed by atoms with van der Waals surface area (Å²) < 4.78 is 2.44. The topological polar surface area (TPSA) is 17.3 Å². The Kier molecular flexibility index (Phi) is 8.03. The van der Waals surface area contributed by atoms with Crippen molar-refractivity contribution in [1.29, 1.82) is 0 Å². The number of benzene rings is 3. The van der Waals surface area contributed by atoms with Crippen LogP contribution in [0.3, 0.4) is 0 Å². The molecule has 2 heteroatoms. The van der Waals surface area contributed by atoms with E-state index >= 15 is 0 Å². The minimum atomic E-state index is -0.258. The van der Waals surface area contributed by atoms with Crippen LogP contribution >= 0.6 is 0 Å². The van der Waals surface area contributed by atoms with E-state index in [2.05, 4.69) is 169 Å². The molecule has 0 amide bonds. The second-order valence-electron chi connectivity index (χ2n) is 14.3. The van der Waals surface area contributed by atoms with Crippen molar-refractivity contribution in [3.8, 4) is 22.4 Å². The van der Waals surface area contributed by atoms with Crippen LogP contribution in [-0.2, 0) is 11.0 Å². The largest absolute Gasteiger partial charge is 0.338 e. The molecule has 1 unspecified atom stereocenters. The van der Waals surface area contributed by atoms with Gasteiger partial charge in [0.25, 0.3) is 0 Å². The van der Waals surface area contributed by atoms with E-state index in [1.165, 1.54) is 39.1 Å². The molecule has 2 nitrogen and oxygen atoms in total. The summed E-state index contributed by atoms with van der Waals surface area (Å²) in [4.78, 5) is 4.94. The Balaban J connectivity index is 1.58. The first kappa shape index (κ1) is 29.6. The number of aliphatic imine (C=N–C) groups is 1. The number of hydrogen-bond donors (Lipinski definition) is 0. The molecular weight excluding hydrogens is 508 g/mol. The average Bonchev–Trinajstić information content (AvgIpc) is 3.44. The van der Waals surface area contributed by atoms with Gasteiger partial charge in [0.2, 0.25) is 0 Å². The standard InChI is InChI=1S/C40H46N2/c1-38(2,3)33-22-24-41-36(26-33)35-25-32(29-15-11-9-12-16-29)20-19-30(35)21-23-40(7,8)42-28-34(39(4,5)6)27-37(42)31-17-13-10-14-18-31/h9-25,27-28,33H,26H2,1-8H3/b23-21+. The van der Waals surface area contributed by atoms with Gasteiger partial charge in [0.1, 0.15) is 0 Å². The molecule has 0 aliphatic carbocycles. The summed E-state index contributed by atoms with van der Waals surface area (Å²) in [5.74, 6) is 0.447. The molecule has 5 rings (SSSR count). The van der Waals surface area contributed by atoms with Crippen LogP contribution in [-0.4, -0.2) is 10.3 Å². The van der Waals surface area contributed by atoms with E-state index in [4.69, 9.17) is 4.99 Å². The third-order valence-corrected chi connectivity index (χ3v) is 8.59. The molecule has 42 heavy (non-hydrogen) atoms. The van der Waals surface area contributed by atoms with Crippen molar-refractivity contribution in [3.63, 3.8) is 0 Å². The Labute approximate surface area is 253 Å². The van der Waals surface area contributed by atoms with Gasteiger partial charge in [-0.2, -0.15) is 0 Å². The van der Waals surface area contributed by atoms with E-state index in [1.54, 1.807) is 0 Å². The molecule has 1 aliphatic rings. The zero-order chi connectivity index (χ0) is 30.1. The van der Waals surface area contributed by atoms with Crippen LogP contribution in [0.25, 0.3) is 28.5 Å². The Morgan fingerprint density at radius 2 is 1.38 bits per heavy atom. The molecule has 0 N–H and O–H groups in total. The molecule has 3 aromatic carbocycles. The Bertz CT molecular complexity index is 1610. The molecule has 0 fully saturated rings. The number of hydrogen-bond acceptors (Lipinski definition) is 1. The van der Waals surface area contributed by atoms with Crippen molar-refractivity contribution in [2.24, 2.45) is 16.3 Å². The molecule has 1 aromatic heterocycles. The van der Waals surface area contributed by atoms with Crippen LogP contribution in [0.5, 0.6) is 0 Å². The highest BCUT2D eigenvalue weighted by atomic mass is 15.0. The van der Waals surface area contributed by atoms with E-state index < -0.39 is 0 Å². The number of aromatic nitrogens is 1. The lowest BCUT2D eigenvalue weighted by molar-refractivity contribution is 0.298. The molecule has 1 aliphatic heterocycles. The maximum absolute atomic E-state index is 4.94. The van der Waals surface area contributed by atoms with Gasteiger partial charge in [-0.3, -0.25) is 4.99 Å². The van der Waals surface area contributed by atoms with Gasteiger partial charge in [0, 0.05) is 29.4 Å². The minimum Gasteiger partial charge on any atom is -0.338 e. The van der Waals surface area contributed by atoms with Crippen LogP contribution in [0.1, 0.15) is 78.5 Å². The summed E-state index contributed by atoms with van der Waals surface area (Å²) in [5.41, 5.74) is 9.82.